The van der Waals surface area contributed by atoms with Crippen molar-refractivity contribution in [3.05, 3.63) is 58.8 Å². The number of halogens is 2. The summed E-state index contributed by atoms with van der Waals surface area (Å²) in [5.74, 6) is 0.0827. The maximum absolute atomic E-state index is 13.0. The quantitative estimate of drug-likeness (QED) is 0.708. The smallest absolute Gasteiger partial charge is 0.247 e. The highest BCUT2D eigenvalue weighted by Gasteiger charge is 2.08. The van der Waals surface area contributed by atoms with Gasteiger partial charge in [-0.05, 0) is 17.7 Å². The van der Waals surface area contributed by atoms with Crippen LogP contribution < -0.4 is 0 Å². The van der Waals surface area contributed by atoms with Gasteiger partial charge in [-0.3, -0.25) is 0 Å². The topological polar surface area (TPSA) is 38.9 Å². The average Bonchev–Trinajstić information content (AvgIpc) is 2.73. The molecule has 0 aliphatic rings. The van der Waals surface area contributed by atoms with E-state index in [-0.39, 0.29) is 0 Å². The molecule has 0 bridgehead atoms. The van der Waals surface area contributed by atoms with Crippen LogP contribution in [0.3, 0.4) is 0 Å². The molecule has 0 amide bonds. The van der Waals surface area contributed by atoms with Gasteiger partial charge >= 0.3 is 0 Å². The Morgan fingerprint density at radius 2 is 2.00 bits per heavy atom. The lowest BCUT2D eigenvalue weighted by molar-refractivity contribution is 0.533. The monoisotopic (exact) mass is 262 g/mol. The van der Waals surface area contributed by atoms with E-state index < -0.39 is 5.82 Å². The molecular weight excluding hydrogens is 255 g/mol. The van der Waals surface area contributed by atoms with E-state index in [1.807, 2.05) is 12.1 Å². The van der Waals surface area contributed by atoms with Crippen molar-refractivity contribution in [1.29, 1.82) is 0 Å². The molecule has 2 heterocycles. The molecule has 0 aliphatic heterocycles. The number of pyridine rings is 1. The zero-order valence-corrected chi connectivity index (χ0v) is 9.99. The molecule has 1 aromatic carbocycles. The van der Waals surface area contributed by atoms with E-state index in [0.29, 0.717) is 28.6 Å². The number of rotatable bonds is 2. The largest absolute Gasteiger partial charge is 0.422 e. The van der Waals surface area contributed by atoms with E-state index in [1.54, 1.807) is 12.1 Å². The van der Waals surface area contributed by atoms with E-state index in [1.165, 1.54) is 6.07 Å². The normalized spacial score (nSPS) is 11.0. The van der Waals surface area contributed by atoms with Crippen molar-refractivity contribution in [1.82, 2.24) is 9.97 Å². The van der Waals surface area contributed by atoms with Gasteiger partial charge in [0.25, 0.3) is 0 Å². The van der Waals surface area contributed by atoms with Gasteiger partial charge in [0.2, 0.25) is 11.6 Å². The van der Waals surface area contributed by atoms with Crippen LogP contribution in [0.5, 0.6) is 0 Å². The number of nitrogens with zero attached hydrogens (tertiary/aromatic N) is 2. The lowest BCUT2D eigenvalue weighted by atomic mass is 10.1. The number of aromatic nitrogens is 2. The summed E-state index contributed by atoms with van der Waals surface area (Å²) in [7, 11) is 0. The second kappa shape index (κ2) is 4.38. The van der Waals surface area contributed by atoms with Gasteiger partial charge in [0.1, 0.15) is 11.3 Å². The van der Waals surface area contributed by atoms with Gasteiger partial charge in [-0.25, -0.2) is 14.4 Å². The highest BCUT2D eigenvalue weighted by atomic mass is 35.5. The van der Waals surface area contributed by atoms with Gasteiger partial charge in [-0.1, -0.05) is 23.7 Å². The number of hydrogen-bond acceptors (Lipinski definition) is 3. The number of hydrogen-bond donors (Lipinski definition) is 0. The van der Waals surface area contributed by atoms with Gasteiger partial charge in [-0.2, -0.15) is 0 Å². The van der Waals surface area contributed by atoms with Crippen molar-refractivity contribution in [2.45, 2.75) is 6.42 Å². The standard InChI is InChI=1S/C13H8ClFN2O/c14-9-3-1-8(2-4-9)5-12-17-11-6-10(15)7-16-13(11)18-12/h1-4,6-7H,5H2. The predicted octanol–water partition coefficient (Wildman–Crippen LogP) is 3.61. The van der Waals surface area contributed by atoms with E-state index in [0.717, 1.165) is 11.8 Å². The van der Waals surface area contributed by atoms with Gasteiger partial charge in [0, 0.05) is 17.5 Å². The third-order valence-corrected chi connectivity index (χ3v) is 2.78. The summed E-state index contributed by atoms with van der Waals surface area (Å²) >= 11 is 5.81. The van der Waals surface area contributed by atoms with Gasteiger partial charge in [0.05, 0.1) is 6.20 Å². The summed E-state index contributed by atoms with van der Waals surface area (Å²) in [4.78, 5) is 8.02. The first-order valence-corrected chi connectivity index (χ1v) is 5.74. The lowest BCUT2D eigenvalue weighted by Crippen LogP contribution is -1.87. The molecule has 18 heavy (non-hydrogen) atoms. The van der Waals surface area contributed by atoms with Crippen LogP contribution in [-0.2, 0) is 6.42 Å². The fraction of sp³-hybridized carbons (Fsp3) is 0.0769. The molecule has 0 atom stereocenters. The second-order valence-electron chi connectivity index (χ2n) is 3.89. The minimum atomic E-state index is -0.422. The Kier molecular flexibility index (Phi) is 2.72. The Bertz CT molecular complexity index is 694. The van der Waals surface area contributed by atoms with E-state index in [2.05, 4.69) is 9.97 Å². The lowest BCUT2D eigenvalue weighted by Gasteiger charge is -1.96. The van der Waals surface area contributed by atoms with Crippen LogP contribution in [-0.4, -0.2) is 9.97 Å². The third-order valence-electron chi connectivity index (χ3n) is 2.53. The average molecular weight is 263 g/mol. The third kappa shape index (κ3) is 2.19. The van der Waals surface area contributed by atoms with Gasteiger partial charge < -0.3 is 4.42 Å². The molecular formula is C13H8ClFN2O. The molecule has 2 aromatic heterocycles. The van der Waals surface area contributed by atoms with Crippen molar-refractivity contribution >= 4 is 22.8 Å². The molecule has 0 saturated carbocycles. The van der Waals surface area contributed by atoms with Crippen LogP contribution in [0.25, 0.3) is 11.2 Å². The van der Waals surface area contributed by atoms with E-state index in [9.17, 15) is 4.39 Å². The zero-order valence-electron chi connectivity index (χ0n) is 9.23. The van der Waals surface area contributed by atoms with Crippen LogP contribution in [0.2, 0.25) is 5.02 Å². The minimum Gasteiger partial charge on any atom is -0.422 e. The maximum atomic E-state index is 13.0. The summed E-state index contributed by atoms with van der Waals surface area (Å²) in [5.41, 5.74) is 1.80. The van der Waals surface area contributed by atoms with Gasteiger partial charge in [-0.15, -0.1) is 0 Å². The van der Waals surface area contributed by atoms with E-state index in [4.69, 9.17) is 16.0 Å². The molecule has 3 nitrogen and oxygen atoms in total. The minimum absolute atomic E-state index is 0.348. The molecule has 3 aromatic rings. The number of oxazole rings is 1. The summed E-state index contributed by atoms with van der Waals surface area (Å²) in [6.07, 6.45) is 1.63. The Morgan fingerprint density at radius 1 is 1.22 bits per heavy atom. The Labute approximate surface area is 107 Å². The Morgan fingerprint density at radius 3 is 2.78 bits per heavy atom. The Balaban J connectivity index is 1.92. The molecule has 0 N–H and O–H groups in total. The molecule has 0 radical (unpaired) electrons. The Hall–Kier alpha value is -1.94. The summed E-state index contributed by atoms with van der Waals surface area (Å²) in [6, 6.07) is 8.70. The fourth-order valence-electron chi connectivity index (χ4n) is 1.70. The van der Waals surface area contributed by atoms with Crippen molar-refractivity contribution in [3.8, 4) is 0 Å². The highest BCUT2D eigenvalue weighted by Crippen LogP contribution is 2.17. The SMILES string of the molecule is Fc1cnc2oc(Cc3ccc(Cl)cc3)nc2c1. The molecule has 0 spiro atoms. The van der Waals surface area contributed by atoms with Crippen LogP contribution in [0.1, 0.15) is 11.5 Å². The first kappa shape index (κ1) is 11.2. The predicted molar refractivity (Wildman–Crippen MR) is 66.0 cm³/mol. The molecule has 0 unspecified atom stereocenters. The molecule has 90 valence electrons. The fourth-order valence-corrected chi connectivity index (χ4v) is 1.82. The number of benzene rings is 1. The highest BCUT2D eigenvalue weighted by molar-refractivity contribution is 6.30. The van der Waals surface area contributed by atoms with Crippen LogP contribution in [0.4, 0.5) is 4.39 Å². The number of fused-ring (bicyclic) bond motifs is 1. The molecule has 0 fully saturated rings. The van der Waals surface area contributed by atoms with Crippen molar-refractivity contribution < 1.29 is 8.81 Å². The summed E-state index contributed by atoms with van der Waals surface area (Å²) in [5, 5.41) is 0.681. The maximum Gasteiger partial charge on any atom is 0.247 e. The summed E-state index contributed by atoms with van der Waals surface area (Å²) in [6.45, 7) is 0. The van der Waals surface area contributed by atoms with Crippen LogP contribution in [0, 0.1) is 5.82 Å². The first-order valence-electron chi connectivity index (χ1n) is 5.36. The molecule has 0 aliphatic carbocycles. The summed E-state index contributed by atoms with van der Waals surface area (Å²) < 4.78 is 18.4. The van der Waals surface area contributed by atoms with E-state index >= 15 is 0 Å². The van der Waals surface area contributed by atoms with Crippen molar-refractivity contribution in [3.63, 3.8) is 0 Å². The first-order chi connectivity index (χ1) is 8.70. The second-order valence-corrected chi connectivity index (χ2v) is 4.33. The van der Waals surface area contributed by atoms with Crippen LogP contribution >= 0.6 is 11.6 Å². The van der Waals surface area contributed by atoms with Crippen LogP contribution in [0.15, 0.2) is 40.9 Å². The zero-order chi connectivity index (χ0) is 12.5. The molecule has 0 saturated heterocycles. The molecule has 5 heteroatoms. The molecule has 3 rings (SSSR count). The van der Waals surface area contributed by atoms with Gasteiger partial charge in [0.15, 0.2) is 0 Å². The van der Waals surface area contributed by atoms with Crippen molar-refractivity contribution in [2.75, 3.05) is 0 Å². The van der Waals surface area contributed by atoms with Crippen molar-refractivity contribution in [2.24, 2.45) is 0 Å².